The van der Waals surface area contributed by atoms with Crippen LogP contribution >= 0.6 is 15.9 Å². The van der Waals surface area contributed by atoms with Gasteiger partial charge in [0.15, 0.2) is 0 Å². The zero-order chi connectivity index (χ0) is 13.5. The van der Waals surface area contributed by atoms with Gasteiger partial charge in [-0.3, -0.25) is 0 Å². The fourth-order valence-corrected chi connectivity index (χ4v) is 1.61. The van der Waals surface area contributed by atoms with Gasteiger partial charge in [-0.05, 0) is 32.0 Å². The number of nitrogens with zero attached hydrogens (tertiary/aromatic N) is 1. The number of aliphatic hydroxyl groups excluding tert-OH is 1. The Kier molecular flexibility index (Phi) is 6.13. The Labute approximate surface area is 115 Å². The first kappa shape index (κ1) is 15.0. The normalized spacial score (nSPS) is 12.2. The first-order valence-electron chi connectivity index (χ1n) is 5.65. The van der Waals surface area contributed by atoms with Gasteiger partial charge in [0.25, 0.3) is 0 Å². The Morgan fingerprint density at radius 1 is 1.39 bits per heavy atom. The summed E-state index contributed by atoms with van der Waals surface area (Å²) in [5.74, 6) is 0.462. The van der Waals surface area contributed by atoms with Crippen LogP contribution in [0.2, 0.25) is 0 Å². The molecule has 0 radical (unpaired) electrons. The van der Waals surface area contributed by atoms with E-state index in [4.69, 9.17) is 14.7 Å². The summed E-state index contributed by atoms with van der Waals surface area (Å²) >= 11 is 3.28. The van der Waals surface area contributed by atoms with E-state index in [2.05, 4.69) is 15.9 Å². The summed E-state index contributed by atoms with van der Waals surface area (Å²) in [7, 11) is 0. The minimum Gasteiger partial charge on any atom is -0.489 e. The Bertz CT molecular complexity index is 429. The summed E-state index contributed by atoms with van der Waals surface area (Å²) in [6.45, 7) is 4.12. The number of hydrogen-bond acceptors (Lipinski definition) is 4. The van der Waals surface area contributed by atoms with Crippen LogP contribution in [0, 0.1) is 11.3 Å². The molecule has 98 valence electrons. The van der Waals surface area contributed by atoms with Gasteiger partial charge in [-0.1, -0.05) is 15.9 Å². The van der Waals surface area contributed by atoms with Gasteiger partial charge < -0.3 is 14.6 Å². The van der Waals surface area contributed by atoms with Gasteiger partial charge in [0.2, 0.25) is 0 Å². The molecule has 1 rings (SSSR count). The molecular formula is C13H16BrNO3. The van der Waals surface area contributed by atoms with Crippen molar-refractivity contribution >= 4 is 15.9 Å². The van der Waals surface area contributed by atoms with E-state index in [9.17, 15) is 5.11 Å². The first-order chi connectivity index (χ1) is 8.52. The van der Waals surface area contributed by atoms with E-state index in [1.807, 2.05) is 19.9 Å². The Morgan fingerprint density at radius 3 is 2.72 bits per heavy atom. The minimum absolute atomic E-state index is 0.0713. The molecule has 0 saturated heterocycles. The molecule has 1 N–H and O–H groups in total. The number of benzene rings is 1. The molecule has 5 heteroatoms. The average molecular weight is 314 g/mol. The molecule has 0 aliphatic rings. The van der Waals surface area contributed by atoms with Crippen molar-refractivity contribution in [2.24, 2.45) is 0 Å². The van der Waals surface area contributed by atoms with Crippen LogP contribution in [-0.2, 0) is 4.74 Å². The lowest BCUT2D eigenvalue weighted by atomic mass is 10.2. The molecule has 0 spiro atoms. The molecule has 1 unspecified atom stereocenters. The number of aliphatic hydroxyl groups is 1. The number of nitriles is 1. The lowest BCUT2D eigenvalue weighted by Gasteiger charge is -2.15. The smallest absolute Gasteiger partial charge is 0.137 e. The lowest BCUT2D eigenvalue weighted by Crippen LogP contribution is -2.25. The predicted octanol–water partition coefficient (Wildman–Crippen LogP) is 2.49. The summed E-state index contributed by atoms with van der Waals surface area (Å²) in [5, 5.41) is 18.6. The van der Waals surface area contributed by atoms with Gasteiger partial charge >= 0.3 is 0 Å². The van der Waals surface area contributed by atoms with Crippen LogP contribution in [0.15, 0.2) is 22.7 Å². The molecule has 0 amide bonds. The Hall–Kier alpha value is -1.09. The molecule has 4 nitrogen and oxygen atoms in total. The monoisotopic (exact) mass is 313 g/mol. The second-order valence-corrected chi connectivity index (χ2v) is 5.01. The van der Waals surface area contributed by atoms with Crippen LogP contribution in [0.3, 0.4) is 0 Å². The second-order valence-electron chi connectivity index (χ2n) is 4.10. The van der Waals surface area contributed by atoms with Gasteiger partial charge in [0.1, 0.15) is 24.5 Å². The maximum absolute atomic E-state index is 9.64. The predicted molar refractivity (Wildman–Crippen MR) is 71.4 cm³/mol. The van der Waals surface area contributed by atoms with E-state index in [0.29, 0.717) is 11.3 Å². The van der Waals surface area contributed by atoms with E-state index >= 15 is 0 Å². The van der Waals surface area contributed by atoms with Crippen molar-refractivity contribution < 1.29 is 14.6 Å². The molecule has 1 atom stereocenters. The van der Waals surface area contributed by atoms with Crippen molar-refractivity contribution in [1.82, 2.24) is 0 Å². The van der Waals surface area contributed by atoms with Crippen molar-refractivity contribution in [3.8, 4) is 11.8 Å². The van der Waals surface area contributed by atoms with E-state index in [1.54, 1.807) is 18.2 Å². The van der Waals surface area contributed by atoms with Crippen molar-refractivity contribution in [1.29, 1.82) is 5.26 Å². The molecule has 0 heterocycles. The quantitative estimate of drug-likeness (QED) is 0.876. The van der Waals surface area contributed by atoms with Crippen LogP contribution in [0.1, 0.15) is 19.4 Å². The Balaban J connectivity index is 2.51. The Morgan fingerprint density at radius 2 is 2.11 bits per heavy atom. The molecular weight excluding hydrogens is 298 g/mol. The highest BCUT2D eigenvalue weighted by Crippen LogP contribution is 2.22. The van der Waals surface area contributed by atoms with Crippen molar-refractivity contribution in [2.45, 2.75) is 26.1 Å². The standard InChI is InChI=1S/C13H16BrNO3/c1-9(2)17-7-12(16)8-18-13-4-3-11(14)5-10(13)6-15/h3-5,9,12,16H,7-8H2,1-2H3. The van der Waals surface area contributed by atoms with E-state index in [0.717, 1.165) is 4.47 Å². The number of ether oxygens (including phenoxy) is 2. The summed E-state index contributed by atoms with van der Waals surface area (Å²) in [5.41, 5.74) is 0.432. The third kappa shape index (κ3) is 5.05. The van der Waals surface area contributed by atoms with Crippen LogP contribution in [0.25, 0.3) is 0 Å². The first-order valence-corrected chi connectivity index (χ1v) is 6.44. The summed E-state index contributed by atoms with van der Waals surface area (Å²) in [6.07, 6.45) is -0.635. The highest BCUT2D eigenvalue weighted by atomic mass is 79.9. The number of rotatable bonds is 6. The highest BCUT2D eigenvalue weighted by molar-refractivity contribution is 9.10. The molecule has 0 aromatic heterocycles. The third-order valence-electron chi connectivity index (χ3n) is 2.12. The molecule has 1 aromatic carbocycles. The second kappa shape index (κ2) is 7.37. The van der Waals surface area contributed by atoms with Crippen LogP contribution in [0.4, 0.5) is 0 Å². The van der Waals surface area contributed by atoms with Crippen molar-refractivity contribution in [2.75, 3.05) is 13.2 Å². The zero-order valence-electron chi connectivity index (χ0n) is 10.4. The summed E-state index contributed by atoms with van der Waals surface area (Å²) in [6, 6.07) is 7.19. The van der Waals surface area contributed by atoms with Crippen LogP contribution in [0.5, 0.6) is 5.75 Å². The fourth-order valence-electron chi connectivity index (χ4n) is 1.25. The minimum atomic E-state index is -0.706. The molecule has 0 fully saturated rings. The lowest BCUT2D eigenvalue weighted by molar-refractivity contribution is -0.0123. The zero-order valence-corrected chi connectivity index (χ0v) is 12.0. The molecule has 1 aromatic rings. The van der Waals surface area contributed by atoms with Gasteiger partial charge in [0.05, 0.1) is 18.3 Å². The maximum atomic E-state index is 9.64. The maximum Gasteiger partial charge on any atom is 0.137 e. The van der Waals surface area contributed by atoms with E-state index < -0.39 is 6.10 Å². The SMILES string of the molecule is CC(C)OCC(O)COc1ccc(Br)cc1C#N. The van der Waals surface area contributed by atoms with Gasteiger partial charge in [-0.25, -0.2) is 0 Å². The number of hydrogen-bond donors (Lipinski definition) is 1. The van der Waals surface area contributed by atoms with Crippen molar-refractivity contribution in [3.05, 3.63) is 28.2 Å². The number of halogens is 1. The highest BCUT2D eigenvalue weighted by Gasteiger charge is 2.09. The van der Waals surface area contributed by atoms with Gasteiger partial charge in [-0.2, -0.15) is 5.26 Å². The molecule has 18 heavy (non-hydrogen) atoms. The summed E-state index contributed by atoms with van der Waals surface area (Å²) in [4.78, 5) is 0. The molecule has 0 saturated carbocycles. The van der Waals surface area contributed by atoms with E-state index in [1.165, 1.54) is 0 Å². The van der Waals surface area contributed by atoms with Gasteiger partial charge in [-0.15, -0.1) is 0 Å². The largest absolute Gasteiger partial charge is 0.489 e. The fraction of sp³-hybridized carbons (Fsp3) is 0.462. The molecule has 0 aliphatic heterocycles. The van der Waals surface area contributed by atoms with Crippen LogP contribution in [-0.4, -0.2) is 30.5 Å². The van der Waals surface area contributed by atoms with Crippen LogP contribution < -0.4 is 4.74 Å². The van der Waals surface area contributed by atoms with Crippen molar-refractivity contribution in [3.63, 3.8) is 0 Å². The average Bonchev–Trinajstić information content (AvgIpc) is 2.34. The molecule has 0 bridgehead atoms. The van der Waals surface area contributed by atoms with Gasteiger partial charge in [0, 0.05) is 4.47 Å². The summed E-state index contributed by atoms with van der Waals surface area (Å²) < 4.78 is 11.5. The topological polar surface area (TPSA) is 62.5 Å². The molecule has 0 aliphatic carbocycles. The van der Waals surface area contributed by atoms with E-state index in [-0.39, 0.29) is 19.3 Å². The third-order valence-corrected chi connectivity index (χ3v) is 2.61.